The first-order valence-corrected chi connectivity index (χ1v) is 5.39. The highest BCUT2D eigenvalue weighted by Gasteiger charge is 2.09. The van der Waals surface area contributed by atoms with Crippen molar-refractivity contribution in [2.24, 2.45) is 0 Å². The fourth-order valence-electron chi connectivity index (χ4n) is 1.36. The molecule has 0 aliphatic carbocycles. The summed E-state index contributed by atoms with van der Waals surface area (Å²) < 4.78 is 0. The molecule has 2 rings (SSSR count). The summed E-state index contributed by atoms with van der Waals surface area (Å²) in [6, 6.07) is 12.1. The number of benzene rings is 1. The van der Waals surface area contributed by atoms with Gasteiger partial charge >= 0.3 is 0 Å². The molecule has 1 aromatic carbocycles. The van der Waals surface area contributed by atoms with Crippen LogP contribution in [0.25, 0.3) is 5.57 Å². The predicted octanol–water partition coefficient (Wildman–Crippen LogP) is 3.22. The molecule has 1 nitrogen and oxygen atoms in total. The van der Waals surface area contributed by atoms with Gasteiger partial charge in [0.1, 0.15) is 6.07 Å². The van der Waals surface area contributed by atoms with Crippen LogP contribution in [0.4, 0.5) is 0 Å². The van der Waals surface area contributed by atoms with Crippen molar-refractivity contribution in [1.29, 1.82) is 5.26 Å². The Morgan fingerprint density at radius 3 is 2.64 bits per heavy atom. The van der Waals surface area contributed by atoms with Crippen LogP contribution in [-0.2, 0) is 0 Å². The molecule has 0 spiro atoms. The third kappa shape index (κ3) is 1.73. The third-order valence-corrected chi connectivity index (χ3v) is 3.04. The average molecular weight is 199 g/mol. The van der Waals surface area contributed by atoms with Crippen LogP contribution in [0.1, 0.15) is 5.56 Å². The maximum absolute atomic E-state index is 9.08. The van der Waals surface area contributed by atoms with Crippen LogP contribution in [0.3, 0.4) is 0 Å². The van der Waals surface area contributed by atoms with Gasteiger partial charge in [-0.15, -0.1) is 11.8 Å². The SMILES string of the molecule is N#CC(=C1C=CCS1)c1ccccc1. The molecule has 0 amide bonds. The zero-order valence-electron chi connectivity index (χ0n) is 7.60. The molecule has 0 saturated heterocycles. The van der Waals surface area contributed by atoms with E-state index in [2.05, 4.69) is 12.1 Å². The highest BCUT2D eigenvalue weighted by Crippen LogP contribution is 2.31. The van der Waals surface area contributed by atoms with E-state index in [0.717, 1.165) is 21.8 Å². The maximum atomic E-state index is 9.08. The summed E-state index contributed by atoms with van der Waals surface area (Å²) in [6.07, 6.45) is 4.11. The van der Waals surface area contributed by atoms with Gasteiger partial charge in [0.15, 0.2) is 0 Å². The molecule has 2 heteroatoms. The second kappa shape index (κ2) is 4.17. The van der Waals surface area contributed by atoms with Crippen molar-refractivity contribution in [3.8, 4) is 6.07 Å². The largest absolute Gasteiger partial charge is 0.192 e. The van der Waals surface area contributed by atoms with Crippen molar-refractivity contribution in [3.63, 3.8) is 0 Å². The van der Waals surface area contributed by atoms with Gasteiger partial charge in [-0.05, 0) is 5.56 Å². The molecule has 0 unspecified atom stereocenters. The maximum Gasteiger partial charge on any atom is 0.101 e. The molecule has 14 heavy (non-hydrogen) atoms. The molecular formula is C12H9NS. The fraction of sp³-hybridized carbons (Fsp3) is 0.0833. The van der Waals surface area contributed by atoms with Gasteiger partial charge in [0.2, 0.25) is 0 Å². The second-order valence-corrected chi connectivity index (χ2v) is 3.99. The Bertz CT molecular complexity index is 423. The summed E-state index contributed by atoms with van der Waals surface area (Å²) in [6.45, 7) is 0. The van der Waals surface area contributed by atoms with E-state index in [9.17, 15) is 0 Å². The predicted molar refractivity (Wildman–Crippen MR) is 60.6 cm³/mol. The summed E-state index contributed by atoms with van der Waals surface area (Å²) in [7, 11) is 0. The number of nitrogens with zero attached hydrogens (tertiary/aromatic N) is 1. The van der Waals surface area contributed by atoms with Gasteiger partial charge in [-0.3, -0.25) is 0 Å². The van der Waals surface area contributed by atoms with Gasteiger partial charge in [0.05, 0.1) is 5.57 Å². The molecule has 0 aromatic heterocycles. The molecular weight excluding hydrogens is 190 g/mol. The van der Waals surface area contributed by atoms with Gasteiger partial charge in [-0.1, -0.05) is 42.5 Å². The molecule has 0 radical (unpaired) electrons. The van der Waals surface area contributed by atoms with Crippen molar-refractivity contribution in [2.45, 2.75) is 0 Å². The number of hydrogen-bond donors (Lipinski definition) is 0. The van der Waals surface area contributed by atoms with E-state index in [4.69, 9.17) is 5.26 Å². The molecule has 1 aromatic rings. The zero-order valence-corrected chi connectivity index (χ0v) is 8.42. The van der Waals surface area contributed by atoms with Crippen LogP contribution in [0.5, 0.6) is 0 Å². The van der Waals surface area contributed by atoms with Gasteiger partial charge in [-0.2, -0.15) is 5.26 Å². The Hall–Kier alpha value is -1.46. The van der Waals surface area contributed by atoms with E-state index in [1.54, 1.807) is 11.8 Å². The van der Waals surface area contributed by atoms with Crippen LogP contribution >= 0.6 is 11.8 Å². The van der Waals surface area contributed by atoms with Crippen molar-refractivity contribution in [2.75, 3.05) is 5.75 Å². The Balaban J connectivity index is 2.46. The number of allylic oxidation sites excluding steroid dienone is 2. The first-order chi connectivity index (χ1) is 6.92. The van der Waals surface area contributed by atoms with E-state index in [0.29, 0.717) is 0 Å². The van der Waals surface area contributed by atoms with Crippen LogP contribution in [0.2, 0.25) is 0 Å². The van der Waals surface area contributed by atoms with Crippen LogP contribution in [0.15, 0.2) is 47.4 Å². The van der Waals surface area contributed by atoms with Gasteiger partial charge in [0.25, 0.3) is 0 Å². The molecule has 0 atom stereocenters. The van der Waals surface area contributed by atoms with Crippen molar-refractivity contribution >= 4 is 17.3 Å². The first kappa shape index (κ1) is 9.11. The number of rotatable bonds is 1. The first-order valence-electron chi connectivity index (χ1n) is 4.41. The molecule has 0 N–H and O–H groups in total. The van der Waals surface area contributed by atoms with Crippen molar-refractivity contribution in [1.82, 2.24) is 0 Å². The summed E-state index contributed by atoms with van der Waals surface area (Å²) in [5.41, 5.74) is 1.79. The number of nitriles is 1. The Kier molecular flexibility index (Phi) is 2.71. The second-order valence-electron chi connectivity index (χ2n) is 2.93. The Morgan fingerprint density at radius 2 is 2.07 bits per heavy atom. The molecule has 1 aliphatic rings. The molecule has 0 bridgehead atoms. The van der Waals surface area contributed by atoms with Crippen molar-refractivity contribution in [3.05, 3.63) is 53.0 Å². The van der Waals surface area contributed by atoms with E-state index in [1.165, 1.54) is 0 Å². The minimum atomic E-state index is 0.782. The molecule has 68 valence electrons. The Labute approximate surface area is 87.8 Å². The van der Waals surface area contributed by atoms with E-state index in [1.807, 2.05) is 36.4 Å². The molecule has 0 saturated carbocycles. The summed E-state index contributed by atoms with van der Waals surface area (Å²) in [5, 5.41) is 9.08. The lowest BCUT2D eigenvalue weighted by Crippen LogP contribution is -1.82. The molecule has 0 fully saturated rings. The minimum absolute atomic E-state index is 0.782. The zero-order chi connectivity index (χ0) is 9.80. The lowest BCUT2D eigenvalue weighted by molar-refractivity contribution is 1.52. The summed E-state index contributed by atoms with van der Waals surface area (Å²) in [5.74, 6) is 0.980. The quantitative estimate of drug-likeness (QED) is 0.648. The fourth-order valence-corrected chi connectivity index (χ4v) is 2.24. The lowest BCUT2D eigenvalue weighted by atomic mass is 10.1. The average Bonchev–Trinajstić information content (AvgIpc) is 2.74. The topological polar surface area (TPSA) is 23.8 Å². The van der Waals surface area contributed by atoms with Gasteiger partial charge in [0, 0.05) is 10.7 Å². The Morgan fingerprint density at radius 1 is 1.29 bits per heavy atom. The van der Waals surface area contributed by atoms with Crippen LogP contribution in [0, 0.1) is 11.3 Å². The standard InChI is InChI=1S/C12H9NS/c13-9-11(12-7-4-8-14-12)10-5-2-1-3-6-10/h1-7H,8H2. The van der Waals surface area contributed by atoms with Crippen molar-refractivity contribution < 1.29 is 0 Å². The lowest BCUT2D eigenvalue weighted by Gasteiger charge is -2.01. The van der Waals surface area contributed by atoms with Crippen LogP contribution in [-0.4, -0.2) is 5.75 Å². The van der Waals surface area contributed by atoms with Gasteiger partial charge in [-0.25, -0.2) is 0 Å². The molecule has 1 heterocycles. The van der Waals surface area contributed by atoms with E-state index < -0.39 is 0 Å². The number of hydrogen-bond acceptors (Lipinski definition) is 2. The number of thioether (sulfide) groups is 1. The van der Waals surface area contributed by atoms with Gasteiger partial charge < -0.3 is 0 Å². The highest BCUT2D eigenvalue weighted by molar-refractivity contribution is 8.03. The normalized spacial score (nSPS) is 17.9. The minimum Gasteiger partial charge on any atom is -0.192 e. The summed E-state index contributed by atoms with van der Waals surface area (Å²) >= 11 is 1.72. The monoisotopic (exact) mass is 199 g/mol. The third-order valence-electron chi connectivity index (χ3n) is 2.02. The highest BCUT2D eigenvalue weighted by atomic mass is 32.2. The smallest absolute Gasteiger partial charge is 0.101 e. The summed E-state index contributed by atoms with van der Waals surface area (Å²) in [4.78, 5) is 1.08. The molecule has 1 aliphatic heterocycles. The van der Waals surface area contributed by atoms with E-state index >= 15 is 0 Å². The van der Waals surface area contributed by atoms with E-state index in [-0.39, 0.29) is 0 Å². The van der Waals surface area contributed by atoms with Crippen LogP contribution < -0.4 is 0 Å².